The van der Waals surface area contributed by atoms with E-state index in [0.717, 1.165) is 14.5 Å². The van der Waals surface area contributed by atoms with Crippen molar-refractivity contribution >= 4 is 40.0 Å². The third kappa shape index (κ3) is 2.99. The van der Waals surface area contributed by atoms with Crippen molar-refractivity contribution in [2.45, 2.75) is 9.37 Å². The second kappa shape index (κ2) is 5.36. The second-order valence-corrected chi connectivity index (χ2v) is 5.77. The minimum Gasteiger partial charge on any atom is -0.373 e. The SMILES string of the molecule is CNc1cc(Sc2nnc(N(C)C)s2)nc(N)n1. The molecule has 2 aromatic rings. The molecule has 0 amide bonds. The monoisotopic (exact) mass is 283 g/mol. The molecule has 18 heavy (non-hydrogen) atoms. The molecule has 0 aliphatic heterocycles. The van der Waals surface area contributed by atoms with Crippen LogP contribution in [0.5, 0.6) is 0 Å². The lowest BCUT2D eigenvalue weighted by molar-refractivity contribution is 0.969. The molecule has 7 nitrogen and oxygen atoms in total. The van der Waals surface area contributed by atoms with Crippen LogP contribution >= 0.6 is 23.1 Å². The van der Waals surface area contributed by atoms with Gasteiger partial charge in [-0.25, -0.2) is 4.98 Å². The Morgan fingerprint density at radius 2 is 2.11 bits per heavy atom. The van der Waals surface area contributed by atoms with Crippen LogP contribution in [0.3, 0.4) is 0 Å². The molecule has 0 aromatic carbocycles. The summed E-state index contributed by atoms with van der Waals surface area (Å²) in [6.45, 7) is 0. The van der Waals surface area contributed by atoms with Crippen LogP contribution in [0.4, 0.5) is 16.9 Å². The number of hydrogen-bond donors (Lipinski definition) is 2. The minimum atomic E-state index is 0.238. The summed E-state index contributed by atoms with van der Waals surface area (Å²) in [4.78, 5) is 10.1. The van der Waals surface area contributed by atoms with Crippen LogP contribution in [0, 0.1) is 0 Å². The number of aromatic nitrogens is 4. The summed E-state index contributed by atoms with van der Waals surface area (Å²) in [7, 11) is 5.64. The van der Waals surface area contributed by atoms with Gasteiger partial charge in [0.15, 0.2) is 4.34 Å². The molecule has 0 aliphatic rings. The van der Waals surface area contributed by atoms with Crippen LogP contribution in [0.1, 0.15) is 0 Å². The Kier molecular flexibility index (Phi) is 3.82. The highest BCUT2D eigenvalue weighted by atomic mass is 32.2. The molecule has 0 atom stereocenters. The maximum Gasteiger partial charge on any atom is 0.223 e. The van der Waals surface area contributed by atoms with E-state index < -0.39 is 0 Å². The van der Waals surface area contributed by atoms with Gasteiger partial charge in [-0.15, -0.1) is 10.2 Å². The van der Waals surface area contributed by atoms with Gasteiger partial charge in [0.2, 0.25) is 11.1 Å². The summed E-state index contributed by atoms with van der Waals surface area (Å²) in [5.74, 6) is 0.920. The molecule has 96 valence electrons. The van der Waals surface area contributed by atoms with Gasteiger partial charge in [-0.3, -0.25) is 0 Å². The Bertz CT molecular complexity index is 539. The molecule has 2 heterocycles. The third-order valence-corrected chi connectivity index (χ3v) is 4.01. The van der Waals surface area contributed by atoms with Crippen LogP contribution in [-0.4, -0.2) is 41.3 Å². The Hall–Kier alpha value is -1.61. The largest absolute Gasteiger partial charge is 0.373 e. The number of anilines is 3. The Labute approximate surface area is 113 Å². The highest BCUT2D eigenvalue weighted by Crippen LogP contribution is 2.32. The molecular weight excluding hydrogens is 270 g/mol. The van der Waals surface area contributed by atoms with Crippen molar-refractivity contribution in [1.82, 2.24) is 20.2 Å². The third-order valence-electron chi connectivity index (χ3n) is 1.95. The maximum absolute atomic E-state index is 5.63. The lowest BCUT2D eigenvalue weighted by Crippen LogP contribution is -2.07. The fraction of sp³-hybridized carbons (Fsp3) is 0.333. The van der Waals surface area contributed by atoms with Gasteiger partial charge in [-0.2, -0.15) is 4.98 Å². The standard InChI is InChI=1S/C9H13N7S2/c1-11-5-4-6(13-7(10)12-5)17-9-15-14-8(18-9)16(2)3/h4H,1-3H3,(H3,10,11,12,13). The van der Waals surface area contributed by atoms with Gasteiger partial charge in [0.05, 0.1) is 0 Å². The summed E-state index contributed by atoms with van der Waals surface area (Å²) < 4.78 is 0.818. The molecule has 3 N–H and O–H groups in total. The Balaban J connectivity index is 2.19. The Morgan fingerprint density at radius 1 is 1.33 bits per heavy atom. The van der Waals surface area contributed by atoms with Crippen LogP contribution in [0.2, 0.25) is 0 Å². The van der Waals surface area contributed by atoms with Gasteiger partial charge >= 0.3 is 0 Å². The van der Waals surface area contributed by atoms with Crippen molar-refractivity contribution in [1.29, 1.82) is 0 Å². The first-order valence-corrected chi connectivity index (χ1v) is 6.73. The quantitative estimate of drug-likeness (QED) is 0.808. The van der Waals surface area contributed by atoms with Crippen LogP contribution in [0.15, 0.2) is 15.4 Å². The molecule has 0 saturated carbocycles. The van der Waals surface area contributed by atoms with Crippen molar-refractivity contribution in [3.63, 3.8) is 0 Å². The molecule has 0 unspecified atom stereocenters. The van der Waals surface area contributed by atoms with E-state index in [1.165, 1.54) is 23.1 Å². The molecule has 2 aromatic heterocycles. The number of rotatable bonds is 4. The van der Waals surface area contributed by atoms with Crippen molar-refractivity contribution in [2.24, 2.45) is 0 Å². The van der Waals surface area contributed by atoms with Crippen molar-refractivity contribution < 1.29 is 0 Å². The van der Waals surface area contributed by atoms with Gasteiger partial charge < -0.3 is 16.0 Å². The number of nitrogen functional groups attached to an aromatic ring is 1. The van der Waals surface area contributed by atoms with E-state index in [9.17, 15) is 0 Å². The normalized spacial score (nSPS) is 10.4. The predicted octanol–water partition coefficient (Wildman–Crippen LogP) is 1.17. The van der Waals surface area contributed by atoms with Gasteiger partial charge in [0, 0.05) is 27.2 Å². The molecule has 0 saturated heterocycles. The van der Waals surface area contributed by atoms with Crippen LogP contribution in [-0.2, 0) is 0 Å². The summed E-state index contributed by atoms with van der Waals surface area (Å²) in [6.07, 6.45) is 0. The second-order valence-electron chi connectivity index (χ2n) is 3.55. The van der Waals surface area contributed by atoms with Gasteiger partial charge in [0.25, 0.3) is 0 Å². The molecule has 0 bridgehead atoms. The van der Waals surface area contributed by atoms with E-state index in [1.54, 1.807) is 7.05 Å². The fourth-order valence-corrected chi connectivity index (χ4v) is 2.86. The average Bonchev–Trinajstić information content (AvgIpc) is 2.76. The smallest absolute Gasteiger partial charge is 0.223 e. The van der Waals surface area contributed by atoms with Gasteiger partial charge in [0.1, 0.15) is 10.8 Å². The van der Waals surface area contributed by atoms with E-state index >= 15 is 0 Å². The van der Waals surface area contributed by atoms with E-state index in [1.807, 2.05) is 25.1 Å². The highest BCUT2D eigenvalue weighted by Gasteiger charge is 2.09. The summed E-state index contributed by atoms with van der Waals surface area (Å²) >= 11 is 2.92. The molecule has 0 radical (unpaired) electrons. The van der Waals surface area contributed by atoms with Crippen LogP contribution < -0.4 is 16.0 Å². The first kappa shape index (κ1) is 12.8. The van der Waals surface area contributed by atoms with E-state index in [0.29, 0.717) is 5.82 Å². The summed E-state index contributed by atoms with van der Waals surface area (Å²) in [5.41, 5.74) is 5.63. The van der Waals surface area contributed by atoms with Crippen molar-refractivity contribution in [3.8, 4) is 0 Å². The topological polar surface area (TPSA) is 92.9 Å². The molecule has 0 spiro atoms. The van der Waals surface area contributed by atoms with Crippen LogP contribution in [0.25, 0.3) is 0 Å². The summed E-state index contributed by atoms with van der Waals surface area (Å²) in [6, 6.07) is 1.82. The molecule has 9 heteroatoms. The number of nitrogens with zero attached hydrogens (tertiary/aromatic N) is 5. The van der Waals surface area contributed by atoms with Crippen molar-refractivity contribution in [2.75, 3.05) is 37.1 Å². The highest BCUT2D eigenvalue weighted by molar-refractivity contribution is 8.01. The zero-order valence-corrected chi connectivity index (χ0v) is 11.8. The molecule has 0 aliphatic carbocycles. The lowest BCUT2D eigenvalue weighted by Gasteiger charge is -2.04. The maximum atomic E-state index is 5.63. The first-order valence-electron chi connectivity index (χ1n) is 5.09. The molecular formula is C9H13N7S2. The van der Waals surface area contributed by atoms with Gasteiger partial charge in [-0.1, -0.05) is 11.3 Å². The van der Waals surface area contributed by atoms with E-state index in [-0.39, 0.29) is 5.95 Å². The summed E-state index contributed by atoms with van der Waals surface area (Å²) in [5, 5.41) is 12.7. The van der Waals surface area contributed by atoms with E-state index in [4.69, 9.17) is 5.73 Å². The molecule has 2 rings (SSSR count). The van der Waals surface area contributed by atoms with Gasteiger partial charge in [-0.05, 0) is 11.8 Å². The zero-order valence-electron chi connectivity index (χ0n) is 10.2. The van der Waals surface area contributed by atoms with E-state index in [2.05, 4.69) is 25.5 Å². The average molecular weight is 283 g/mol. The Morgan fingerprint density at radius 3 is 2.72 bits per heavy atom. The lowest BCUT2D eigenvalue weighted by atomic mass is 10.6. The molecule has 0 fully saturated rings. The fourth-order valence-electron chi connectivity index (χ4n) is 1.14. The first-order chi connectivity index (χ1) is 8.58. The number of nitrogens with two attached hydrogens (primary N) is 1. The number of hydrogen-bond acceptors (Lipinski definition) is 9. The number of nitrogens with one attached hydrogen (secondary N) is 1. The van der Waals surface area contributed by atoms with Crippen molar-refractivity contribution in [3.05, 3.63) is 6.07 Å². The minimum absolute atomic E-state index is 0.238. The zero-order chi connectivity index (χ0) is 13.1. The predicted molar refractivity (Wildman–Crippen MR) is 74.4 cm³/mol.